The maximum absolute atomic E-state index is 11.2. The molecule has 0 amide bonds. The van der Waals surface area contributed by atoms with Crippen LogP contribution in [0.25, 0.3) is 0 Å². The Balaban J connectivity index is 2.02. The number of hydrogen-bond donors (Lipinski definition) is 3. The number of benzene rings is 1. The predicted octanol–water partition coefficient (Wildman–Crippen LogP) is 2.39. The summed E-state index contributed by atoms with van der Waals surface area (Å²) in [4.78, 5) is 0. The Morgan fingerprint density at radius 3 is 2.45 bits per heavy atom. The first-order valence-electron chi connectivity index (χ1n) is 6.63. The second-order valence-corrected chi connectivity index (χ2v) is 7.48. The molecule has 1 aromatic rings. The number of nitrogens with one attached hydrogen (secondary N) is 2. The molecule has 0 saturated heterocycles. The lowest BCUT2D eigenvalue weighted by Crippen LogP contribution is -2.32. The first-order valence-corrected chi connectivity index (χ1v) is 8.90. The predicted molar refractivity (Wildman–Crippen MR) is 83.8 cm³/mol. The molecule has 1 aliphatic rings. The van der Waals surface area contributed by atoms with Crippen LogP contribution in [0.3, 0.4) is 0 Å². The van der Waals surface area contributed by atoms with E-state index < -0.39 is 10.0 Å². The van der Waals surface area contributed by atoms with Crippen molar-refractivity contribution in [2.24, 2.45) is 5.73 Å². The fraction of sp³-hybridized carbons (Fsp3) is 0.538. The summed E-state index contributed by atoms with van der Waals surface area (Å²) in [7, 11) is -3.31. The molecule has 5 nitrogen and oxygen atoms in total. The van der Waals surface area contributed by atoms with Gasteiger partial charge >= 0.3 is 0 Å². The summed E-state index contributed by atoms with van der Waals surface area (Å²) in [6.45, 7) is 0. The van der Waals surface area contributed by atoms with Crippen molar-refractivity contribution in [3.63, 3.8) is 0 Å². The number of sulfonamides is 1. The van der Waals surface area contributed by atoms with E-state index in [0.717, 1.165) is 37.6 Å². The molecule has 7 heteroatoms. The van der Waals surface area contributed by atoms with Gasteiger partial charge in [0.05, 0.1) is 17.0 Å². The minimum Gasteiger partial charge on any atom is -0.382 e. The summed E-state index contributed by atoms with van der Waals surface area (Å²) >= 11 is 6.09. The smallest absolute Gasteiger partial charge is 0.229 e. The molecule has 0 unspecified atom stereocenters. The molecule has 1 saturated carbocycles. The Hall–Kier alpha value is -0.980. The van der Waals surface area contributed by atoms with E-state index in [1.807, 2.05) is 6.07 Å². The minimum absolute atomic E-state index is 0.318. The molecular weight excluding hydrogens is 298 g/mol. The van der Waals surface area contributed by atoms with Gasteiger partial charge in [-0.05, 0) is 43.9 Å². The summed E-state index contributed by atoms with van der Waals surface area (Å²) in [6.07, 6.45) is 5.24. The molecule has 0 spiro atoms. The molecule has 0 aromatic heterocycles. The lowest BCUT2D eigenvalue weighted by molar-refractivity contribution is 0.411. The summed E-state index contributed by atoms with van der Waals surface area (Å²) in [5.41, 5.74) is 7.17. The molecule has 1 aliphatic carbocycles. The normalized spacial score (nSPS) is 23.4. The fourth-order valence-corrected chi connectivity index (χ4v) is 3.25. The van der Waals surface area contributed by atoms with Crippen molar-refractivity contribution >= 4 is 33.0 Å². The molecule has 0 atom stereocenters. The highest BCUT2D eigenvalue weighted by atomic mass is 35.5. The Bertz CT molecular complexity index is 569. The van der Waals surface area contributed by atoms with Gasteiger partial charge in [-0.3, -0.25) is 4.72 Å². The van der Waals surface area contributed by atoms with E-state index >= 15 is 0 Å². The van der Waals surface area contributed by atoms with Crippen molar-refractivity contribution in [3.05, 3.63) is 23.2 Å². The Morgan fingerprint density at radius 1 is 1.25 bits per heavy atom. The van der Waals surface area contributed by atoms with Crippen LogP contribution in [-0.4, -0.2) is 26.8 Å². The molecule has 20 heavy (non-hydrogen) atoms. The first-order chi connectivity index (χ1) is 9.33. The highest BCUT2D eigenvalue weighted by molar-refractivity contribution is 7.92. The van der Waals surface area contributed by atoms with Crippen LogP contribution in [0.5, 0.6) is 0 Å². The molecule has 1 fully saturated rings. The number of anilines is 2. The second kappa shape index (κ2) is 6.20. The average molecular weight is 318 g/mol. The zero-order valence-corrected chi connectivity index (χ0v) is 13.0. The van der Waals surface area contributed by atoms with Crippen LogP contribution in [0.15, 0.2) is 18.2 Å². The van der Waals surface area contributed by atoms with Gasteiger partial charge < -0.3 is 11.1 Å². The zero-order chi connectivity index (χ0) is 14.8. The summed E-state index contributed by atoms with van der Waals surface area (Å²) < 4.78 is 24.8. The van der Waals surface area contributed by atoms with Crippen LogP contribution in [-0.2, 0) is 10.0 Å². The lowest BCUT2D eigenvalue weighted by atomic mass is 9.92. The molecule has 1 aromatic carbocycles. The van der Waals surface area contributed by atoms with Gasteiger partial charge in [-0.15, -0.1) is 0 Å². The van der Waals surface area contributed by atoms with Gasteiger partial charge in [0, 0.05) is 17.8 Å². The third-order valence-corrected chi connectivity index (χ3v) is 4.31. The number of rotatable bonds is 4. The lowest BCUT2D eigenvalue weighted by Gasteiger charge is -2.27. The van der Waals surface area contributed by atoms with Crippen molar-refractivity contribution in [1.82, 2.24) is 0 Å². The topological polar surface area (TPSA) is 84.2 Å². The molecular formula is C13H20ClN3O2S. The average Bonchev–Trinajstić information content (AvgIpc) is 2.34. The van der Waals surface area contributed by atoms with Crippen molar-refractivity contribution < 1.29 is 8.42 Å². The molecule has 112 valence electrons. The Kier molecular flexibility index (Phi) is 4.78. The van der Waals surface area contributed by atoms with Gasteiger partial charge in [-0.25, -0.2) is 8.42 Å². The van der Waals surface area contributed by atoms with Crippen molar-refractivity contribution in [1.29, 1.82) is 0 Å². The van der Waals surface area contributed by atoms with Gasteiger partial charge in [-0.2, -0.15) is 0 Å². The summed E-state index contributed by atoms with van der Waals surface area (Å²) in [5, 5.41) is 3.80. The van der Waals surface area contributed by atoms with Gasteiger partial charge in [0.15, 0.2) is 0 Å². The molecule has 2 rings (SSSR count). The Labute approximate surface area is 124 Å². The first kappa shape index (κ1) is 15.4. The van der Waals surface area contributed by atoms with Crippen LogP contribution >= 0.6 is 11.6 Å². The van der Waals surface area contributed by atoms with Gasteiger partial charge in [0.2, 0.25) is 10.0 Å². The highest BCUT2D eigenvalue weighted by Crippen LogP contribution is 2.28. The van der Waals surface area contributed by atoms with Gasteiger partial charge in [-0.1, -0.05) is 11.6 Å². The van der Waals surface area contributed by atoms with Gasteiger partial charge in [0.1, 0.15) is 0 Å². The maximum atomic E-state index is 11.2. The van der Waals surface area contributed by atoms with E-state index in [9.17, 15) is 8.42 Å². The molecule has 4 N–H and O–H groups in total. The largest absolute Gasteiger partial charge is 0.382 e. The zero-order valence-electron chi connectivity index (χ0n) is 11.4. The monoisotopic (exact) mass is 317 g/mol. The molecule has 0 heterocycles. The summed E-state index contributed by atoms with van der Waals surface area (Å²) in [6, 6.07) is 5.95. The third kappa shape index (κ3) is 4.54. The van der Waals surface area contributed by atoms with Crippen LogP contribution < -0.4 is 15.8 Å². The maximum Gasteiger partial charge on any atom is 0.229 e. The minimum atomic E-state index is -3.31. The quantitative estimate of drug-likeness (QED) is 0.796. The number of hydrogen-bond acceptors (Lipinski definition) is 4. The molecule has 0 radical (unpaired) electrons. The standard InChI is InChI=1S/C13H20ClN3O2S/c1-20(18,19)17-13-7-6-11(8-12(13)14)16-10-4-2-9(15)3-5-10/h6-10,16-17H,2-5,15H2,1H3. The third-order valence-electron chi connectivity index (χ3n) is 3.41. The fourth-order valence-electron chi connectivity index (χ4n) is 2.39. The van der Waals surface area contributed by atoms with Crippen LogP contribution in [0.2, 0.25) is 5.02 Å². The van der Waals surface area contributed by atoms with Crippen LogP contribution in [0.1, 0.15) is 25.7 Å². The van der Waals surface area contributed by atoms with Crippen molar-refractivity contribution in [2.75, 3.05) is 16.3 Å². The Morgan fingerprint density at radius 2 is 1.90 bits per heavy atom. The van der Waals surface area contributed by atoms with Crippen molar-refractivity contribution in [2.45, 2.75) is 37.8 Å². The van der Waals surface area contributed by atoms with E-state index in [-0.39, 0.29) is 0 Å². The number of halogens is 1. The van der Waals surface area contributed by atoms with E-state index in [4.69, 9.17) is 17.3 Å². The van der Waals surface area contributed by atoms with E-state index in [0.29, 0.717) is 22.8 Å². The SMILES string of the molecule is CS(=O)(=O)Nc1ccc(NC2CCC(N)CC2)cc1Cl. The van der Waals surface area contributed by atoms with Gasteiger partial charge in [0.25, 0.3) is 0 Å². The van der Waals surface area contributed by atoms with Crippen molar-refractivity contribution in [3.8, 4) is 0 Å². The van der Waals surface area contributed by atoms with E-state index in [2.05, 4.69) is 10.0 Å². The highest BCUT2D eigenvalue weighted by Gasteiger charge is 2.18. The van der Waals surface area contributed by atoms with Crippen LogP contribution in [0, 0.1) is 0 Å². The van der Waals surface area contributed by atoms with E-state index in [1.54, 1.807) is 12.1 Å². The molecule has 0 bridgehead atoms. The summed E-state index contributed by atoms with van der Waals surface area (Å²) in [5.74, 6) is 0. The molecule has 0 aliphatic heterocycles. The second-order valence-electron chi connectivity index (χ2n) is 5.32. The number of nitrogens with two attached hydrogens (primary N) is 1. The van der Waals surface area contributed by atoms with Crippen LogP contribution in [0.4, 0.5) is 11.4 Å². The van der Waals surface area contributed by atoms with E-state index in [1.165, 1.54) is 0 Å².